The predicted octanol–water partition coefficient (Wildman–Crippen LogP) is 1.53. The molecule has 4 nitrogen and oxygen atoms in total. The lowest BCUT2D eigenvalue weighted by molar-refractivity contribution is -0.140. The highest BCUT2D eigenvalue weighted by Crippen LogP contribution is 2.19. The van der Waals surface area contributed by atoms with Gasteiger partial charge in [0.25, 0.3) is 0 Å². The Labute approximate surface area is 104 Å². The van der Waals surface area contributed by atoms with Gasteiger partial charge in [0.1, 0.15) is 6.61 Å². The average molecular weight is 242 g/mol. The Morgan fingerprint density at radius 3 is 2.94 bits per heavy atom. The number of unbranched alkanes of at least 4 members (excludes halogenated alkanes) is 1. The number of carbonyl (C=O) groups excluding carboxylic acids is 1. The fourth-order valence-corrected chi connectivity index (χ4v) is 2.30. The first-order chi connectivity index (χ1) is 8.16. The topological polar surface area (TPSA) is 55.6 Å². The number of likely N-dealkylation sites (tertiary alicyclic amines) is 1. The van der Waals surface area contributed by atoms with Crippen molar-refractivity contribution in [3.05, 3.63) is 0 Å². The summed E-state index contributed by atoms with van der Waals surface area (Å²) in [5, 5.41) is 0. The molecule has 1 rings (SSSR count). The van der Waals surface area contributed by atoms with E-state index < -0.39 is 0 Å². The van der Waals surface area contributed by atoms with Crippen LogP contribution in [0, 0.1) is 0 Å². The molecule has 0 aliphatic carbocycles. The molecule has 4 heteroatoms. The molecule has 17 heavy (non-hydrogen) atoms. The number of nitrogens with two attached hydrogens (primary N) is 1. The van der Waals surface area contributed by atoms with Crippen LogP contribution in [0.15, 0.2) is 0 Å². The van der Waals surface area contributed by atoms with Crippen LogP contribution in [-0.4, -0.2) is 42.6 Å². The quantitative estimate of drug-likeness (QED) is 0.719. The van der Waals surface area contributed by atoms with E-state index in [0.717, 1.165) is 32.2 Å². The van der Waals surface area contributed by atoms with Gasteiger partial charge in [0.05, 0.1) is 0 Å². The molecule has 100 valence electrons. The SMILES string of the molecule is CCCCOCC(=O)N1CCCCC1C(C)N. The Balaban J connectivity index is 2.36. The minimum Gasteiger partial charge on any atom is -0.372 e. The number of nitrogens with zero attached hydrogens (tertiary/aromatic N) is 1. The minimum atomic E-state index is 0.0508. The largest absolute Gasteiger partial charge is 0.372 e. The standard InChI is InChI=1S/C13H26N2O2/c1-3-4-9-17-10-13(16)15-8-6-5-7-12(15)11(2)14/h11-12H,3-10,14H2,1-2H3. The van der Waals surface area contributed by atoms with Gasteiger partial charge in [-0.3, -0.25) is 4.79 Å². The zero-order chi connectivity index (χ0) is 12.7. The number of hydrogen-bond acceptors (Lipinski definition) is 3. The monoisotopic (exact) mass is 242 g/mol. The van der Waals surface area contributed by atoms with Gasteiger partial charge in [0, 0.05) is 25.2 Å². The maximum absolute atomic E-state index is 12.0. The van der Waals surface area contributed by atoms with Crippen LogP contribution in [0.3, 0.4) is 0 Å². The van der Waals surface area contributed by atoms with Crippen molar-refractivity contribution < 1.29 is 9.53 Å². The van der Waals surface area contributed by atoms with Gasteiger partial charge in [-0.1, -0.05) is 13.3 Å². The van der Waals surface area contributed by atoms with Gasteiger partial charge in [0.15, 0.2) is 0 Å². The highest BCUT2D eigenvalue weighted by molar-refractivity contribution is 5.78. The van der Waals surface area contributed by atoms with E-state index in [9.17, 15) is 4.79 Å². The molecule has 0 aromatic carbocycles. The van der Waals surface area contributed by atoms with E-state index in [1.54, 1.807) is 0 Å². The van der Waals surface area contributed by atoms with E-state index in [0.29, 0.717) is 6.61 Å². The van der Waals surface area contributed by atoms with Crippen LogP contribution >= 0.6 is 0 Å². The van der Waals surface area contributed by atoms with Crippen molar-refractivity contribution in [3.8, 4) is 0 Å². The van der Waals surface area contributed by atoms with E-state index in [1.165, 1.54) is 6.42 Å². The second kappa shape index (κ2) is 7.67. The summed E-state index contributed by atoms with van der Waals surface area (Å²) in [4.78, 5) is 13.9. The summed E-state index contributed by atoms with van der Waals surface area (Å²) in [7, 11) is 0. The highest BCUT2D eigenvalue weighted by atomic mass is 16.5. The number of rotatable bonds is 6. The van der Waals surface area contributed by atoms with Gasteiger partial charge in [-0.05, 0) is 32.6 Å². The maximum Gasteiger partial charge on any atom is 0.248 e. The van der Waals surface area contributed by atoms with Crippen LogP contribution in [0.1, 0.15) is 46.0 Å². The van der Waals surface area contributed by atoms with Crippen LogP contribution in [-0.2, 0) is 9.53 Å². The minimum absolute atomic E-state index is 0.0508. The molecule has 0 aromatic rings. The summed E-state index contributed by atoms with van der Waals surface area (Å²) in [6, 6.07) is 0.251. The molecular formula is C13H26N2O2. The normalized spacial score (nSPS) is 22.5. The zero-order valence-electron chi connectivity index (χ0n) is 11.2. The van der Waals surface area contributed by atoms with Crippen LogP contribution in [0.25, 0.3) is 0 Å². The molecule has 2 unspecified atom stereocenters. The fraction of sp³-hybridized carbons (Fsp3) is 0.923. The number of ether oxygens (including phenoxy) is 1. The highest BCUT2D eigenvalue weighted by Gasteiger charge is 2.28. The van der Waals surface area contributed by atoms with E-state index in [2.05, 4.69) is 6.92 Å². The fourth-order valence-electron chi connectivity index (χ4n) is 2.30. The molecule has 2 atom stereocenters. The third kappa shape index (κ3) is 4.64. The Morgan fingerprint density at radius 1 is 1.53 bits per heavy atom. The first-order valence-electron chi connectivity index (χ1n) is 6.79. The molecule has 1 amide bonds. The number of hydrogen-bond donors (Lipinski definition) is 1. The Bertz CT molecular complexity index is 231. The van der Waals surface area contributed by atoms with Gasteiger partial charge in [0.2, 0.25) is 5.91 Å². The van der Waals surface area contributed by atoms with Gasteiger partial charge in [-0.2, -0.15) is 0 Å². The maximum atomic E-state index is 12.0. The molecule has 0 aromatic heterocycles. The van der Waals surface area contributed by atoms with Gasteiger partial charge >= 0.3 is 0 Å². The first-order valence-corrected chi connectivity index (χ1v) is 6.79. The summed E-state index contributed by atoms with van der Waals surface area (Å²) in [6.45, 7) is 5.82. The van der Waals surface area contributed by atoms with Crippen molar-refractivity contribution in [2.24, 2.45) is 5.73 Å². The molecular weight excluding hydrogens is 216 g/mol. The van der Waals surface area contributed by atoms with Crippen molar-refractivity contribution >= 4 is 5.91 Å². The lowest BCUT2D eigenvalue weighted by Crippen LogP contribution is -2.52. The summed E-state index contributed by atoms with van der Waals surface area (Å²) in [5.74, 6) is 0.100. The van der Waals surface area contributed by atoms with E-state index in [1.807, 2.05) is 11.8 Å². The molecule has 1 aliphatic heterocycles. The molecule has 1 saturated heterocycles. The number of carbonyl (C=O) groups is 1. The Kier molecular flexibility index (Phi) is 6.52. The molecule has 0 spiro atoms. The Hall–Kier alpha value is -0.610. The molecule has 0 saturated carbocycles. The van der Waals surface area contributed by atoms with Crippen molar-refractivity contribution in [1.29, 1.82) is 0 Å². The van der Waals surface area contributed by atoms with Crippen LogP contribution in [0.2, 0.25) is 0 Å². The molecule has 0 radical (unpaired) electrons. The third-order valence-corrected chi connectivity index (χ3v) is 3.34. The van der Waals surface area contributed by atoms with E-state index >= 15 is 0 Å². The Morgan fingerprint density at radius 2 is 2.29 bits per heavy atom. The van der Waals surface area contributed by atoms with Crippen LogP contribution in [0.4, 0.5) is 0 Å². The number of piperidine rings is 1. The molecule has 1 aliphatic rings. The van der Waals surface area contributed by atoms with Crippen molar-refractivity contribution in [2.45, 2.75) is 58.0 Å². The second-order valence-electron chi connectivity index (χ2n) is 4.92. The van der Waals surface area contributed by atoms with Crippen molar-refractivity contribution in [1.82, 2.24) is 4.90 Å². The van der Waals surface area contributed by atoms with Gasteiger partial charge in [-0.15, -0.1) is 0 Å². The van der Waals surface area contributed by atoms with E-state index in [-0.39, 0.29) is 24.6 Å². The van der Waals surface area contributed by atoms with E-state index in [4.69, 9.17) is 10.5 Å². The second-order valence-corrected chi connectivity index (χ2v) is 4.92. The third-order valence-electron chi connectivity index (χ3n) is 3.34. The molecule has 1 fully saturated rings. The number of amides is 1. The first kappa shape index (κ1) is 14.5. The van der Waals surface area contributed by atoms with Crippen LogP contribution < -0.4 is 5.73 Å². The molecule has 2 N–H and O–H groups in total. The van der Waals surface area contributed by atoms with Crippen molar-refractivity contribution in [3.63, 3.8) is 0 Å². The lowest BCUT2D eigenvalue weighted by atomic mass is 9.97. The van der Waals surface area contributed by atoms with Crippen molar-refractivity contribution in [2.75, 3.05) is 19.8 Å². The summed E-state index contributed by atoms with van der Waals surface area (Å²) in [5.41, 5.74) is 5.94. The predicted molar refractivity (Wildman–Crippen MR) is 68.7 cm³/mol. The smallest absolute Gasteiger partial charge is 0.248 e. The van der Waals surface area contributed by atoms with Crippen LogP contribution in [0.5, 0.6) is 0 Å². The van der Waals surface area contributed by atoms with Gasteiger partial charge < -0.3 is 15.4 Å². The summed E-state index contributed by atoms with van der Waals surface area (Å²) in [6.07, 6.45) is 5.40. The average Bonchev–Trinajstić information content (AvgIpc) is 2.34. The molecule has 1 heterocycles. The van der Waals surface area contributed by atoms with Gasteiger partial charge in [-0.25, -0.2) is 0 Å². The summed E-state index contributed by atoms with van der Waals surface area (Å²) < 4.78 is 5.39. The zero-order valence-corrected chi connectivity index (χ0v) is 11.2. The summed E-state index contributed by atoms with van der Waals surface area (Å²) >= 11 is 0. The lowest BCUT2D eigenvalue weighted by Gasteiger charge is -2.38. The molecule has 0 bridgehead atoms.